The van der Waals surface area contributed by atoms with Gasteiger partial charge in [-0.3, -0.25) is 10.1 Å². The number of nitro benzene ring substituents is 1. The quantitative estimate of drug-likeness (QED) is 0.0530. The molecule has 0 amide bonds. The number of ether oxygens (including phenoxy) is 2. The fourth-order valence-electron chi connectivity index (χ4n) is 3.33. The predicted octanol–water partition coefficient (Wildman–Crippen LogP) is 9.11. The fourth-order valence-corrected chi connectivity index (χ4v) is 3.33. The highest BCUT2D eigenvalue weighted by Crippen LogP contribution is 2.64. The number of alkyl halides is 17. The number of esters is 1. The van der Waals surface area contributed by atoms with E-state index >= 15 is 0 Å². The van der Waals surface area contributed by atoms with E-state index in [9.17, 15) is 89.5 Å². The molecular formula is C23H20F17NO5. The lowest BCUT2D eigenvalue weighted by molar-refractivity contribution is -0.461. The van der Waals surface area contributed by atoms with E-state index in [2.05, 4.69) is 4.74 Å². The first-order valence-electron chi connectivity index (χ1n) is 12.3. The van der Waals surface area contributed by atoms with Crippen molar-refractivity contribution in [3.05, 3.63) is 33.9 Å². The van der Waals surface area contributed by atoms with Gasteiger partial charge in [-0.05, 0) is 18.6 Å². The maximum Gasteiger partial charge on any atom is 0.460 e. The molecule has 0 N–H and O–H groups in total. The number of carbonyl (C=O) groups is 1. The molecule has 0 radical (unpaired) electrons. The molecule has 1 rings (SSSR count). The smallest absolute Gasteiger partial charge is 0.460 e. The van der Waals surface area contributed by atoms with Crippen LogP contribution in [0.5, 0.6) is 5.75 Å². The Morgan fingerprint density at radius 2 is 1.17 bits per heavy atom. The summed E-state index contributed by atoms with van der Waals surface area (Å²) in [5.74, 6) is -59.8. The Bertz CT molecular complexity index is 1230. The number of unbranched alkanes of at least 4 members (excludes halogenated alkanes) is 3. The molecule has 266 valence electrons. The van der Waals surface area contributed by atoms with E-state index in [1.54, 1.807) is 0 Å². The minimum absolute atomic E-state index is 0.0358. The van der Waals surface area contributed by atoms with Crippen molar-refractivity contribution in [2.45, 2.75) is 86.7 Å². The van der Waals surface area contributed by atoms with Gasteiger partial charge >= 0.3 is 59.3 Å². The van der Waals surface area contributed by atoms with Gasteiger partial charge in [0.2, 0.25) is 0 Å². The molecule has 0 spiro atoms. The van der Waals surface area contributed by atoms with Crippen molar-refractivity contribution in [2.24, 2.45) is 0 Å². The number of hydrogen-bond donors (Lipinski definition) is 0. The minimum Gasteiger partial charge on any atom is -0.487 e. The minimum atomic E-state index is -8.76. The third-order valence-electron chi connectivity index (χ3n) is 6.08. The highest BCUT2D eigenvalue weighted by atomic mass is 19.4. The Labute approximate surface area is 245 Å². The van der Waals surface area contributed by atoms with E-state index in [1.807, 2.05) is 6.92 Å². The maximum absolute atomic E-state index is 14.0. The van der Waals surface area contributed by atoms with Crippen LogP contribution in [0.25, 0.3) is 0 Å². The molecular weight excluding hydrogens is 693 g/mol. The van der Waals surface area contributed by atoms with Gasteiger partial charge < -0.3 is 9.47 Å². The monoisotopic (exact) mass is 713 g/mol. The largest absolute Gasteiger partial charge is 0.487 e. The van der Waals surface area contributed by atoms with E-state index in [1.165, 1.54) is 0 Å². The second-order valence-corrected chi connectivity index (χ2v) is 9.38. The zero-order valence-electron chi connectivity index (χ0n) is 22.6. The van der Waals surface area contributed by atoms with Crippen LogP contribution >= 0.6 is 0 Å². The number of rotatable bonds is 17. The third-order valence-corrected chi connectivity index (χ3v) is 6.08. The molecule has 0 atom stereocenters. The summed E-state index contributed by atoms with van der Waals surface area (Å²) in [7, 11) is 0. The number of hydrogen-bond acceptors (Lipinski definition) is 5. The summed E-state index contributed by atoms with van der Waals surface area (Å²) in [6, 6.07) is 1.93. The summed E-state index contributed by atoms with van der Waals surface area (Å²) in [5.41, 5.74) is -1.80. The first kappa shape index (κ1) is 40.7. The topological polar surface area (TPSA) is 78.7 Å². The van der Waals surface area contributed by atoms with Gasteiger partial charge in [0.15, 0.2) is 5.75 Å². The molecule has 1 aromatic rings. The second-order valence-electron chi connectivity index (χ2n) is 9.38. The van der Waals surface area contributed by atoms with Gasteiger partial charge in [-0.25, -0.2) is 4.79 Å². The highest BCUT2D eigenvalue weighted by Gasteiger charge is 2.95. The second kappa shape index (κ2) is 13.4. The molecule has 0 unspecified atom stereocenters. The Morgan fingerprint density at radius 1 is 0.696 bits per heavy atom. The Hall–Kier alpha value is -3.30. The van der Waals surface area contributed by atoms with Crippen LogP contribution in [0, 0.1) is 10.1 Å². The number of benzene rings is 1. The van der Waals surface area contributed by atoms with Crippen molar-refractivity contribution in [3.8, 4) is 5.75 Å². The summed E-state index contributed by atoms with van der Waals surface area (Å²) in [5, 5.41) is 11.3. The standard InChI is InChI=1S/C23H20F17NO5/c1-2-3-4-5-9-45-14-7-6-12(11-13(14)41(43)44)15(42)46-10-8-16(24,25)17(26,27)18(28,29)19(30,31)20(32,33)21(34,35)22(36,37)23(38,39)40/h6-7,11H,2-5,8-10H2,1H3. The maximum atomic E-state index is 14.0. The average Bonchev–Trinajstić information content (AvgIpc) is 2.91. The summed E-state index contributed by atoms with van der Waals surface area (Å²) in [6.45, 7) is -0.343. The normalized spacial score (nSPS) is 14.3. The van der Waals surface area contributed by atoms with Crippen LogP contribution in [-0.4, -0.2) is 71.7 Å². The van der Waals surface area contributed by atoms with Crippen molar-refractivity contribution in [2.75, 3.05) is 13.2 Å². The molecule has 23 heteroatoms. The van der Waals surface area contributed by atoms with Gasteiger partial charge in [0.05, 0.1) is 30.1 Å². The van der Waals surface area contributed by atoms with E-state index in [0.29, 0.717) is 25.0 Å². The van der Waals surface area contributed by atoms with Crippen molar-refractivity contribution in [1.82, 2.24) is 0 Å². The van der Waals surface area contributed by atoms with Gasteiger partial charge in [-0.2, -0.15) is 74.6 Å². The van der Waals surface area contributed by atoms with Crippen LogP contribution in [0.3, 0.4) is 0 Å². The Morgan fingerprint density at radius 3 is 1.63 bits per heavy atom. The lowest BCUT2D eigenvalue weighted by atomic mass is 9.88. The van der Waals surface area contributed by atoms with E-state index in [4.69, 9.17) is 4.74 Å². The molecule has 0 fully saturated rings. The van der Waals surface area contributed by atoms with E-state index in [0.717, 1.165) is 18.9 Å². The SMILES string of the molecule is CCCCCCOc1ccc(C(=O)OCCC(F)(F)C(F)(F)C(F)(F)C(F)(F)C(F)(F)C(F)(F)C(F)(F)C(F)(F)F)cc1[N+](=O)[O-]. The van der Waals surface area contributed by atoms with Crippen LogP contribution in [0.1, 0.15) is 49.4 Å². The Kier molecular flexibility index (Phi) is 11.9. The molecule has 0 aliphatic heterocycles. The fraction of sp³-hybridized carbons (Fsp3) is 0.696. The third kappa shape index (κ3) is 7.15. The average molecular weight is 713 g/mol. The van der Waals surface area contributed by atoms with Crippen LogP contribution < -0.4 is 4.74 Å². The zero-order valence-corrected chi connectivity index (χ0v) is 22.6. The lowest BCUT2D eigenvalue weighted by Crippen LogP contribution is -2.74. The van der Waals surface area contributed by atoms with E-state index in [-0.39, 0.29) is 6.61 Å². The zero-order chi connectivity index (χ0) is 36.4. The summed E-state index contributed by atoms with van der Waals surface area (Å²) < 4.78 is 236. The predicted molar refractivity (Wildman–Crippen MR) is 118 cm³/mol. The van der Waals surface area contributed by atoms with Gasteiger partial charge in [0.1, 0.15) is 0 Å². The van der Waals surface area contributed by atoms with Crippen LogP contribution in [0.15, 0.2) is 18.2 Å². The van der Waals surface area contributed by atoms with Crippen molar-refractivity contribution < 1.29 is 93.8 Å². The molecule has 1 aromatic carbocycles. The molecule has 0 bridgehead atoms. The first-order valence-corrected chi connectivity index (χ1v) is 12.3. The number of nitro groups is 1. The van der Waals surface area contributed by atoms with Crippen molar-refractivity contribution in [3.63, 3.8) is 0 Å². The summed E-state index contributed by atoms with van der Waals surface area (Å²) in [4.78, 5) is 22.2. The van der Waals surface area contributed by atoms with Gasteiger partial charge in [0.25, 0.3) is 0 Å². The number of carbonyl (C=O) groups excluding carboxylic acids is 1. The van der Waals surface area contributed by atoms with Crippen LogP contribution in [0.2, 0.25) is 0 Å². The number of nitrogens with zero attached hydrogens (tertiary/aromatic N) is 1. The van der Waals surface area contributed by atoms with Gasteiger partial charge in [0, 0.05) is 6.07 Å². The highest BCUT2D eigenvalue weighted by molar-refractivity contribution is 5.90. The summed E-state index contributed by atoms with van der Waals surface area (Å²) >= 11 is 0. The van der Waals surface area contributed by atoms with E-state index < -0.39 is 88.6 Å². The molecule has 46 heavy (non-hydrogen) atoms. The molecule has 0 aliphatic rings. The van der Waals surface area contributed by atoms with Gasteiger partial charge in [-0.15, -0.1) is 0 Å². The molecule has 0 aliphatic carbocycles. The molecule has 0 aromatic heterocycles. The molecule has 0 saturated carbocycles. The summed E-state index contributed by atoms with van der Waals surface area (Å²) in [6.07, 6.45) is -8.12. The first-order chi connectivity index (χ1) is 20.5. The lowest BCUT2D eigenvalue weighted by Gasteiger charge is -2.42. The molecule has 0 saturated heterocycles. The Balaban J connectivity index is 3.19. The number of halogens is 17. The van der Waals surface area contributed by atoms with Crippen LogP contribution in [0.4, 0.5) is 80.3 Å². The van der Waals surface area contributed by atoms with Crippen molar-refractivity contribution >= 4 is 11.7 Å². The van der Waals surface area contributed by atoms with Crippen LogP contribution in [-0.2, 0) is 4.74 Å². The molecule has 0 heterocycles. The van der Waals surface area contributed by atoms with Crippen molar-refractivity contribution in [1.29, 1.82) is 0 Å². The molecule has 6 nitrogen and oxygen atoms in total. The van der Waals surface area contributed by atoms with Gasteiger partial charge in [-0.1, -0.05) is 26.2 Å².